The molecule has 28 heavy (non-hydrogen) atoms. The molecule has 2 atom stereocenters. The van der Waals surface area contributed by atoms with E-state index in [0.717, 1.165) is 11.3 Å². The molecule has 4 rings (SSSR count). The summed E-state index contributed by atoms with van der Waals surface area (Å²) in [6, 6.07) is 16.6. The van der Waals surface area contributed by atoms with Crippen LogP contribution in [0.2, 0.25) is 0 Å². The standard InChI is InChI=1S/C20H20N2O4S2/c1-14-7-5-6-10-16(14)22-17-12-28(24,25)13-18(17)27-20(22)21-19(23)11-26-15-8-3-2-4-9-15/h2-10,17-18H,11-13H2,1H3. The second-order valence-corrected chi connectivity index (χ2v) is 10.2. The molecule has 0 bridgehead atoms. The minimum Gasteiger partial charge on any atom is -0.484 e. The Morgan fingerprint density at radius 1 is 1.14 bits per heavy atom. The number of fused-ring (bicyclic) bond motifs is 1. The third-order valence-corrected chi connectivity index (χ3v) is 7.98. The van der Waals surface area contributed by atoms with Gasteiger partial charge in [0.1, 0.15) is 5.75 Å². The van der Waals surface area contributed by atoms with Gasteiger partial charge < -0.3 is 9.64 Å². The van der Waals surface area contributed by atoms with Crippen molar-refractivity contribution in [3.63, 3.8) is 0 Å². The van der Waals surface area contributed by atoms with Crippen LogP contribution in [-0.4, -0.2) is 48.9 Å². The van der Waals surface area contributed by atoms with Crippen LogP contribution in [0, 0.1) is 6.92 Å². The summed E-state index contributed by atoms with van der Waals surface area (Å²) in [4.78, 5) is 18.6. The Morgan fingerprint density at radius 3 is 2.61 bits per heavy atom. The summed E-state index contributed by atoms with van der Waals surface area (Å²) >= 11 is 1.37. The summed E-state index contributed by atoms with van der Waals surface area (Å²) in [5, 5.41) is 0.423. The molecule has 2 saturated heterocycles. The van der Waals surface area contributed by atoms with Crippen LogP contribution in [0.1, 0.15) is 5.56 Å². The van der Waals surface area contributed by atoms with E-state index in [9.17, 15) is 13.2 Å². The normalized spacial score (nSPS) is 24.3. The summed E-state index contributed by atoms with van der Waals surface area (Å²) < 4.78 is 29.7. The fraction of sp³-hybridized carbons (Fsp3) is 0.300. The lowest BCUT2D eigenvalue weighted by atomic mass is 10.1. The van der Waals surface area contributed by atoms with Crippen molar-refractivity contribution in [2.24, 2.45) is 4.99 Å². The van der Waals surface area contributed by atoms with Gasteiger partial charge in [0.2, 0.25) is 0 Å². The minimum absolute atomic E-state index is 0.0761. The van der Waals surface area contributed by atoms with Crippen molar-refractivity contribution in [2.45, 2.75) is 18.2 Å². The summed E-state index contributed by atoms with van der Waals surface area (Å²) in [6.45, 7) is 1.80. The zero-order valence-electron chi connectivity index (χ0n) is 15.3. The van der Waals surface area contributed by atoms with Gasteiger partial charge in [-0.05, 0) is 30.7 Å². The van der Waals surface area contributed by atoms with Gasteiger partial charge in [0.25, 0.3) is 5.91 Å². The molecule has 2 unspecified atom stereocenters. The lowest BCUT2D eigenvalue weighted by molar-refractivity contribution is -0.119. The Kier molecular flexibility index (Phi) is 5.16. The summed E-state index contributed by atoms with van der Waals surface area (Å²) in [7, 11) is -3.08. The number of anilines is 1. The van der Waals surface area contributed by atoms with E-state index in [0.29, 0.717) is 10.9 Å². The van der Waals surface area contributed by atoms with Crippen molar-refractivity contribution in [2.75, 3.05) is 23.0 Å². The van der Waals surface area contributed by atoms with Gasteiger partial charge in [-0.25, -0.2) is 8.42 Å². The second-order valence-electron chi connectivity index (χ2n) is 6.85. The number of carbonyl (C=O) groups excluding carboxylic acids is 1. The summed E-state index contributed by atoms with van der Waals surface area (Å²) in [6.07, 6.45) is 0. The monoisotopic (exact) mass is 416 g/mol. The average Bonchev–Trinajstić information content (AvgIpc) is 3.12. The van der Waals surface area contributed by atoms with Crippen LogP contribution in [0.3, 0.4) is 0 Å². The number of rotatable bonds is 4. The Balaban J connectivity index is 1.59. The number of ether oxygens (including phenoxy) is 1. The first kappa shape index (κ1) is 19.0. The van der Waals surface area contributed by atoms with Crippen LogP contribution in [0.4, 0.5) is 5.69 Å². The lowest BCUT2D eigenvalue weighted by Crippen LogP contribution is -2.38. The molecule has 2 fully saturated rings. The van der Waals surface area contributed by atoms with E-state index in [2.05, 4.69) is 4.99 Å². The highest BCUT2D eigenvalue weighted by atomic mass is 32.2. The molecular formula is C20H20N2O4S2. The quantitative estimate of drug-likeness (QED) is 0.763. The average molecular weight is 417 g/mol. The van der Waals surface area contributed by atoms with Crippen LogP contribution < -0.4 is 9.64 Å². The predicted octanol–water partition coefficient (Wildman–Crippen LogP) is 2.68. The highest BCUT2D eigenvalue weighted by Gasteiger charge is 2.49. The first-order valence-electron chi connectivity index (χ1n) is 8.94. The van der Waals surface area contributed by atoms with Crippen LogP contribution >= 0.6 is 11.8 Å². The van der Waals surface area contributed by atoms with E-state index in [-0.39, 0.29) is 29.4 Å². The van der Waals surface area contributed by atoms with E-state index >= 15 is 0 Å². The molecule has 0 N–H and O–H groups in total. The largest absolute Gasteiger partial charge is 0.484 e. The van der Waals surface area contributed by atoms with Crippen LogP contribution in [-0.2, 0) is 14.6 Å². The molecule has 6 nitrogen and oxygen atoms in total. The number of para-hydroxylation sites is 2. The maximum atomic E-state index is 12.4. The zero-order chi connectivity index (χ0) is 19.7. The SMILES string of the molecule is Cc1ccccc1N1C(=NC(=O)COc2ccccc2)SC2CS(=O)(=O)CC21. The third kappa shape index (κ3) is 3.93. The highest BCUT2D eigenvalue weighted by Crippen LogP contribution is 2.41. The van der Waals surface area contributed by atoms with Gasteiger partial charge in [0, 0.05) is 10.9 Å². The number of nitrogens with zero attached hydrogens (tertiary/aromatic N) is 2. The van der Waals surface area contributed by atoms with Gasteiger partial charge in [0.15, 0.2) is 21.6 Å². The fourth-order valence-corrected chi connectivity index (χ4v) is 7.40. The topological polar surface area (TPSA) is 76.0 Å². The molecule has 0 aromatic heterocycles. The van der Waals surface area contributed by atoms with Crippen LogP contribution in [0.15, 0.2) is 59.6 Å². The van der Waals surface area contributed by atoms with Crippen molar-refractivity contribution in [3.05, 3.63) is 60.2 Å². The third-order valence-electron chi connectivity index (χ3n) is 4.77. The number of sulfone groups is 1. The molecular weight excluding hydrogens is 396 g/mol. The van der Waals surface area contributed by atoms with Crippen LogP contribution in [0.25, 0.3) is 0 Å². The van der Waals surface area contributed by atoms with Crippen molar-refractivity contribution in [1.29, 1.82) is 0 Å². The number of carbonyl (C=O) groups is 1. The maximum absolute atomic E-state index is 12.4. The zero-order valence-corrected chi connectivity index (χ0v) is 16.9. The van der Waals surface area contributed by atoms with Crippen LogP contribution in [0.5, 0.6) is 5.75 Å². The molecule has 0 spiro atoms. The van der Waals surface area contributed by atoms with Crippen molar-refractivity contribution in [3.8, 4) is 5.75 Å². The number of amides is 1. The lowest BCUT2D eigenvalue weighted by Gasteiger charge is -2.26. The first-order valence-corrected chi connectivity index (χ1v) is 11.6. The van der Waals surface area contributed by atoms with Gasteiger partial charge in [-0.15, -0.1) is 0 Å². The predicted molar refractivity (Wildman–Crippen MR) is 112 cm³/mol. The van der Waals surface area contributed by atoms with Crippen molar-refractivity contribution < 1.29 is 17.9 Å². The molecule has 2 heterocycles. The van der Waals surface area contributed by atoms with E-state index in [1.165, 1.54) is 11.8 Å². The number of amidine groups is 1. The smallest absolute Gasteiger partial charge is 0.285 e. The second kappa shape index (κ2) is 7.60. The number of benzene rings is 2. The number of hydrogen-bond acceptors (Lipinski definition) is 5. The Labute approximate surface area is 168 Å². The molecule has 1 amide bonds. The molecule has 146 valence electrons. The maximum Gasteiger partial charge on any atom is 0.285 e. The van der Waals surface area contributed by atoms with Gasteiger partial charge >= 0.3 is 0 Å². The molecule has 0 radical (unpaired) electrons. The van der Waals surface area contributed by atoms with Crippen molar-refractivity contribution >= 4 is 38.4 Å². The Hall–Kier alpha value is -2.32. The van der Waals surface area contributed by atoms with E-state index in [4.69, 9.17) is 4.74 Å². The number of aryl methyl sites for hydroxylation is 1. The van der Waals surface area contributed by atoms with Gasteiger partial charge in [-0.2, -0.15) is 4.99 Å². The molecule has 2 aromatic carbocycles. The first-order chi connectivity index (χ1) is 13.4. The molecule has 2 aliphatic heterocycles. The Morgan fingerprint density at radius 2 is 1.86 bits per heavy atom. The molecule has 2 aromatic rings. The fourth-order valence-electron chi connectivity index (χ4n) is 3.48. The van der Waals surface area contributed by atoms with E-state index in [1.54, 1.807) is 12.1 Å². The molecule has 2 aliphatic rings. The summed E-state index contributed by atoms with van der Waals surface area (Å²) in [5.41, 5.74) is 1.89. The summed E-state index contributed by atoms with van der Waals surface area (Å²) in [5.74, 6) is 0.396. The van der Waals surface area contributed by atoms with Crippen molar-refractivity contribution in [1.82, 2.24) is 0 Å². The van der Waals surface area contributed by atoms with E-state index < -0.39 is 15.7 Å². The number of aliphatic imine (C=N–C) groups is 1. The number of hydrogen-bond donors (Lipinski definition) is 0. The van der Waals surface area contributed by atoms with Gasteiger partial charge in [-0.1, -0.05) is 48.2 Å². The highest BCUT2D eigenvalue weighted by molar-refractivity contribution is 8.16. The molecule has 0 saturated carbocycles. The number of thioether (sulfide) groups is 1. The minimum atomic E-state index is -3.08. The van der Waals surface area contributed by atoms with Gasteiger partial charge in [0.05, 0.1) is 17.5 Å². The molecule has 8 heteroatoms. The van der Waals surface area contributed by atoms with Gasteiger partial charge in [-0.3, -0.25) is 4.79 Å². The Bertz CT molecular complexity index is 1020. The van der Waals surface area contributed by atoms with E-state index in [1.807, 2.05) is 54.3 Å². The molecule has 0 aliphatic carbocycles.